The lowest BCUT2D eigenvalue weighted by atomic mass is 9.99. The van der Waals surface area contributed by atoms with E-state index in [1.807, 2.05) is 4.90 Å². The lowest BCUT2D eigenvalue weighted by molar-refractivity contribution is -0.184. The summed E-state index contributed by atoms with van der Waals surface area (Å²) in [6, 6.07) is 0. The molecule has 15 heavy (non-hydrogen) atoms. The Balaban J connectivity index is 2.15. The topological polar surface area (TPSA) is 38.5 Å². The fraction of sp³-hybridized carbons (Fsp3) is 1.00. The molecule has 3 nitrogen and oxygen atoms in total. The first kappa shape index (κ1) is 12.7. The zero-order valence-corrected chi connectivity index (χ0v) is 8.59. The van der Waals surface area contributed by atoms with E-state index in [0.717, 1.165) is 25.9 Å². The number of hydrogen-bond acceptors (Lipinski definition) is 3. The van der Waals surface area contributed by atoms with Gasteiger partial charge in [-0.25, -0.2) is 0 Å². The first-order chi connectivity index (χ1) is 7.01. The molecular weight excluding hydrogens is 209 g/mol. The van der Waals surface area contributed by atoms with Crippen molar-refractivity contribution in [1.29, 1.82) is 0 Å². The highest BCUT2D eigenvalue weighted by atomic mass is 19.4. The Morgan fingerprint density at radius 2 is 2.13 bits per heavy atom. The number of rotatable bonds is 4. The number of piperidine rings is 1. The van der Waals surface area contributed by atoms with Crippen molar-refractivity contribution in [3.63, 3.8) is 0 Å². The lowest BCUT2D eigenvalue weighted by Crippen LogP contribution is -2.40. The first-order valence-corrected chi connectivity index (χ1v) is 5.08. The number of halogens is 3. The Hall–Kier alpha value is -0.330. The summed E-state index contributed by atoms with van der Waals surface area (Å²) in [6.45, 7) is 1.02. The minimum atomic E-state index is -4.23. The van der Waals surface area contributed by atoms with E-state index in [9.17, 15) is 13.2 Å². The molecule has 1 heterocycles. The second-order valence-corrected chi connectivity index (χ2v) is 3.91. The summed E-state index contributed by atoms with van der Waals surface area (Å²) in [5.41, 5.74) is 5.52. The van der Waals surface area contributed by atoms with Gasteiger partial charge >= 0.3 is 6.18 Å². The molecule has 1 rings (SSSR count). The molecule has 90 valence electrons. The molecule has 1 aliphatic rings. The highest BCUT2D eigenvalue weighted by molar-refractivity contribution is 4.71. The van der Waals surface area contributed by atoms with Crippen LogP contribution in [0.25, 0.3) is 0 Å². The molecule has 0 amide bonds. The van der Waals surface area contributed by atoms with Crippen molar-refractivity contribution >= 4 is 0 Å². The Bertz CT molecular complexity index is 187. The van der Waals surface area contributed by atoms with Gasteiger partial charge in [-0.1, -0.05) is 0 Å². The Labute approximate surface area is 87.4 Å². The number of nitrogens with two attached hydrogens (primary N) is 1. The maximum Gasteiger partial charge on any atom is 0.411 e. The minimum absolute atomic E-state index is 0.0516. The van der Waals surface area contributed by atoms with Crippen LogP contribution in [-0.2, 0) is 4.74 Å². The van der Waals surface area contributed by atoms with Crippen LogP contribution < -0.4 is 5.73 Å². The quantitative estimate of drug-likeness (QED) is 0.782. The Kier molecular flexibility index (Phi) is 4.82. The van der Waals surface area contributed by atoms with Gasteiger partial charge in [0.15, 0.2) is 0 Å². The van der Waals surface area contributed by atoms with E-state index in [4.69, 9.17) is 5.73 Å². The molecule has 1 unspecified atom stereocenters. The second kappa shape index (κ2) is 5.67. The highest BCUT2D eigenvalue weighted by Crippen LogP contribution is 2.17. The fourth-order valence-corrected chi connectivity index (χ4v) is 1.75. The maximum atomic E-state index is 11.8. The summed E-state index contributed by atoms with van der Waals surface area (Å²) in [5.74, 6) is 0.397. The van der Waals surface area contributed by atoms with Gasteiger partial charge in [0.25, 0.3) is 0 Å². The molecule has 6 heteroatoms. The van der Waals surface area contributed by atoms with E-state index in [0.29, 0.717) is 12.5 Å². The van der Waals surface area contributed by atoms with Gasteiger partial charge < -0.3 is 10.5 Å². The zero-order chi connectivity index (χ0) is 11.3. The van der Waals surface area contributed by atoms with E-state index < -0.39 is 12.8 Å². The van der Waals surface area contributed by atoms with E-state index in [-0.39, 0.29) is 6.73 Å². The molecule has 0 aromatic carbocycles. The Morgan fingerprint density at radius 1 is 1.40 bits per heavy atom. The molecule has 1 saturated heterocycles. The van der Waals surface area contributed by atoms with Crippen LogP contribution in [0.1, 0.15) is 12.8 Å². The van der Waals surface area contributed by atoms with Crippen molar-refractivity contribution in [3.8, 4) is 0 Å². The van der Waals surface area contributed by atoms with E-state index in [1.165, 1.54) is 0 Å². The van der Waals surface area contributed by atoms with Gasteiger partial charge in [-0.2, -0.15) is 13.2 Å². The van der Waals surface area contributed by atoms with Crippen molar-refractivity contribution in [3.05, 3.63) is 0 Å². The van der Waals surface area contributed by atoms with Crippen LogP contribution in [0.2, 0.25) is 0 Å². The summed E-state index contributed by atoms with van der Waals surface area (Å²) in [4.78, 5) is 1.88. The Morgan fingerprint density at radius 3 is 2.73 bits per heavy atom. The standard InChI is InChI=1S/C9H17F3N2O/c10-9(11,12)6-15-7-14-3-1-2-8(4-13)5-14/h8H,1-7,13H2. The molecule has 2 N–H and O–H groups in total. The largest absolute Gasteiger partial charge is 0.411 e. The van der Waals surface area contributed by atoms with Crippen molar-refractivity contribution in [2.45, 2.75) is 19.0 Å². The maximum absolute atomic E-state index is 11.8. The van der Waals surface area contributed by atoms with Crippen molar-refractivity contribution < 1.29 is 17.9 Å². The smallest absolute Gasteiger partial charge is 0.357 e. The summed E-state index contributed by atoms with van der Waals surface area (Å²) in [7, 11) is 0. The van der Waals surface area contributed by atoms with Crippen LogP contribution in [0.5, 0.6) is 0 Å². The van der Waals surface area contributed by atoms with Gasteiger partial charge in [0.2, 0.25) is 0 Å². The molecule has 1 fully saturated rings. The van der Waals surface area contributed by atoms with Gasteiger partial charge in [0.1, 0.15) is 6.61 Å². The van der Waals surface area contributed by atoms with Crippen LogP contribution in [-0.4, -0.2) is 44.0 Å². The average Bonchev–Trinajstić information content (AvgIpc) is 2.16. The predicted molar refractivity (Wildman–Crippen MR) is 50.2 cm³/mol. The van der Waals surface area contributed by atoms with Crippen LogP contribution in [0, 0.1) is 5.92 Å². The summed E-state index contributed by atoms with van der Waals surface area (Å²) in [5, 5.41) is 0. The van der Waals surface area contributed by atoms with Gasteiger partial charge in [-0.15, -0.1) is 0 Å². The lowest BCUT2D eigenvalue weighted by Gasteiger charge is -2.31. The van der Waals surface area contributed by atoms with E-state index in [1.54, 1.807) is 0 Å². The molecule has 0 radical (unpaired) electrons. The number of alkyl halides is 3. The fourth-order valence-electron chi connectivity index (χ4n) is 1.75. The average molecular weight is 226 g/mol. The molecular formula is C9H17F3N2O. The van der Waals surface area contributed by atoms with Gasteiger partial charge in [0.05, 0.1) is 6.73 Å². The number of ether oxygens (including phenoxy) is 1. The zero-order valence-electron chi connectivity index (χ0n) is 8.59. The molecule has 0 aromatic heterocycles. The number of hydrogen-bond donors (Lipinski definition) is 1. The van der Waals surface area contributed by atoms with E-state index in [2.05, 4.69) is 4.74 Å². The number of nitrogens with zero attached hydrogens (tertiary/aromatic N) is 1. The molecule has 1 aliphatic heterocycles. The SMILES string of the molecule is NCC1CCCN(COCC(F)(F)F)C1. The predicted octanol–water partition coefficient (Wildman–Crippen LogP) is 1.19. The third kappa shape index (κ3) is 5.34. The van der Waals surface area contributed by atoms with Crippen molar-refractivity contribution in [1.82, 2.24) is 4.90 Å². The van der Waals surface area contributed by atoms with Gasteiger partial charge in [-0.05, 0) is 25.3 Å². The summed E-state index contributed by atoms with van der Waals surface area (Å²) < 4.78 is 40.0. The van der Waals surface area contributed by atoms with Crippen molar-refractivity contribution in [2.75, 3.05) is 33.0 Å². The van der Waals surface area contributed by atoms with Crippen LogP contribution in [0.15, 0.2) is 0 Å². The first-order valence-electron chi connectivity index (χ1n) is 5.08. The summed E-state index contributed by atoms with van der Waals surface area (Å²) in [6.07, 6.45) is -2.19. The summed E-state index contributed by atoms with van der Waals surface area (Å²) >= 11 is 0. The normalized spacial score (nSPS) is 24.4. The molecule has 1 atom stereocenters. The van der Waals surface area contributed by atoms with Crippen LogP contribution in [0.4, 0.5) is 13.2 Å². The molecule has 0 aromatic rings. The third-order valence-corrected chi connectivity index (χ3v) is 2.48. The van der Waals surface area contributed by atoms with Gasteiger partial charge in [-0.3, -0.25) is 4.90 Å². The molecule has 0 saturated carbocycles. The van der Waals surface area contributed by atoms with Crippen LogP contribution >= 0.6 is 0 Å². The molecule has 0 bridgehead atoms. The molecule has 0 aliphatic carbocycles. The molecule has 0 spiro atoms. The third-order valence-electron chi connectivity index (χ3n) is 2.48. The van der Waals surface area contributed by atoms with E-state index >= 15 is 0 Å². The van der Waals surface area contributed by atoms with Crippen molar-refractivity contribution in [2.24, 2.45) is 11.7 Å². The number of likely N-dealkylation sites (tertiary alicyclic amines) is 1. The van der Waals surface area contributed by atoms with Crippen LogP contribution in [0.3, 0.4) is 0 Å². The minimum Gasteiger partial charge on any atom is -0.357 e. The second-order valence-electron chi connectivity index (χ2n) is 3.91. The highest BCUT2D eigenvalue weighted by Gasteiger charge is 2.28. The monoisotopic (exact) mass is 226 g/mol. The van der Waals surface area contributed by atoms with Gasteiger partial charge in [0, 0.05) is 13.1 Å².